The van der Waals surface area contributed by atoms with Crippen LogP contribution in [-0.4, -0.2) is 5.91 Å². The first-order chi connectivity index (χ1) is 16.1. The molecule has 4 heteroatoms. The molecule has 0 bridgehead atoms. The highest BCUT2D eigenvalue weighted by atomic mass is 16.5. The smallest absolute Gasteiger partial charge is 0.262 e. The fourth-order valence-corrected chi connectivity index (χ4v) is 3.57. The Morgan fingerprint density at radius 2 is 1.64 bits per heavy atom. The maximum atomic E-state index is 12.6. The number of amides is 1. The lowest BCUT2D eigenvalue weighted by molar-refractivity contribution is -0.117. The molecule has 4 rings (SSSR count). The SMILES string of the molecule is C[C@@H](NC(=O)/C(C#N)=C\c1ccc(OCc2ccc3ccccc3c2)cc1)c1ccccc1. The van der Waals surface area contributed by atoms with E-state index in [9.17, 15) is 10.1 Å². The van der Waals surface area contributed by atoms with Crippen molar-refractivity contribution in [1.82, 2.24) is 5.32 Å². The topological polar surface area (TPSA) is 62.1 Å². The number of nitrogens with one attached hydrogen (secondary N) is 1. The van der Waals surface area contributed by atoms with Crippen LogP contribution >= 0.6 is 0 Å². The van der Waals surface area contributed by atoms with Crippen LogP contribution in [0.25, 0.3) is 16.8 Å². The first kappa shape index (κ1) is 21.9. The standard InChI is InChI=1S/C29H24N2O2/c1-21(24-7-3-2-4-8-24)31-29(32)27(19-30)17-22-12-15-28(16-13-22)33-20-23-11-14-25-9-5-6-10-26(25)18-23/h2-18,21H,20H2,1H3,(H,31,32)/b27-17-/t21-/m1/s1. The largest absolute Gasteiger partial charge is 0.489 e. The van der Waals surface area contributed by atoms with Crippen LogP contribution in [0, 0.1) is 11.3 Å². The molecule has 0 aliphatic carbocycles. The molecular formula is C29H24N2O2. The Labute approximate surface area is 193 Å². The van der Waals surface area contributed by atoms with E-state index in [0.29, 0.717) is 6.61 Å². The van der Waals surface area contributed by atoms with Crippen LogP contribution in [0.2, 0.25) is 0 Å². The van der Waals surface area contributed by atoms with Crippen LogP contribution in [-0.2, 0) is 11.4 Å². The molecule has 1 atom stereocenters. The van der Waals surface area contributed by atoms with E-state index in [1.165, 1.54) is 10.8 Å². The van der Waals surface area contributed by atoms with Crippen LogP contribution in [0.4, 0.5) is 0 Å². The monoisotopic (exact) mass is 432 g/mol. The fourth-order valence-electron chi connectivity index (χ4n) is 3.57. The summed E-state index contributed by atoms with van der Waals surface area (Å²) >= 11 is 0. The molecule has 4 aromatic rings. The number of rotatable bonds is 7. The predicted molar refractivity (Wildman–Crippen MR) is 131 cm³/mol. The Morgan fingerprint density at radius 1 is 0.939 bits per heavy atom. The van der Waals surface area contributed by atoms with Crippen molar-refractivity contribution >= 4 is 22.8 Å². The third-order valence-electron chi connectivity index (χ3n) is 5.42. The summed E-state index contributed by atoms with van der Waals surface area (Å²) in [6.45, 7) is 2.35. The van der Waals surface area contributed by atoms with E-state index in [4.69, 9.17) is 4.74 Å². The molecule has 0 saturated heterocycles. The second-order valence-corrected chi connectivity index (χ2v) is 7.81. The van der Waals surface area contributed by atoms with Crippen molar-refractivity contribution in [1.29, 1.82) is 5.26 Å². The molecule has 0 aliphatic rings. The Morgan fingerprint density at radius 3 is 2.36 bits per heavy atom. The maximum absolute atomic E-state index is 12.6. The van der Waals surface area contributed by atoms with Crippen molar-refractivity contribution in [2.75, 3.05) is 0 Å². The van der Waals surface area contributed by atoms with Gasteiger partial charge in [-0.1, -0.05) is 78.9 Å². The summed E-state index contributed by atoms with van der Waals surface area (Å²) in [4.78, 5) is 12.6. The zero-order chi connectivity index (χ0) is 23.0. The average molecular weight is 433 g/mol. The predicted octanol–water partition coefficient (Wildman–Crippen LogP) is 6.20. The summed E-state index contributed by atoms with van der Waals surface area (Å²) in [5.41, 5.74) is 2.89. The molecule has 0 aromatic heterocycles. The number of hydrogen-bond acceptors (Lipinski definition) is 3. The van der Waals surface area contributed by atoms with Crippen LogP contribution < -0.4 is 10.1 Å². The number of ether oxygens (including phenoxy) is 1. The lowest BCUT2D eigenvalue weighted by atomic mass is 10.1. The summed E-state index contributed by atoms with van der Waals surface area (Å²) in [5, 5.41) is 14.7. The van der Waals surface area contributed by atoms with Crippen molar-refractivity contribution in [3.8, 4) is 11.8 Å². The van der Waals surface area contributed by atoms with E-state index in [-0.39, 0.29) is 11.6 Å². The second-order valence-electron chi connectivity index (χ2n) is 7.81. The van der Waals surface area contributed by atoms with E-state index in [1.807, 2.05) is 79.7 Å². The van der Waals surface area contributed by atoms with Gasteiger partial charge in [-0.15, -0.1) is 0 Å². The molecule has 33 heavy (non-hydrogen) atoms. The number of hydrogen-bond donors (Lipinski definition) is 1. The third kappa shape index (κ3) is 5.66. The Hall–Kier alpha value is -4.36. The molecule has 0 aliphatic heterocycles. The minimum atomic E-state index is -0.398. The summed E-state index contributed by atoms with van der Waals surface area (Å²) in [6.07, 6.45) is 1.58. The first-order valence-corrected chi connectivity index (χ1v) is 10.8. The summed E-state index contributed by atoms with van der Waals surface area (Å²) in [6, 6.07) is 33.3. The number of benzene rings is 4. The van der Waals surface area contributed by atoms with Crippen molar-refractivity contribution < 1.29 is 9.53 Å². The van der Waals surface area contributed by atoms with Crippen LogP contribution in [0.3, 0.4) is 0 Å². The molecular weight excluding hydrogens is 408 g/mol. The molecule has 162 valence electrons. The highest BCUT2D eigenvalue weighted by Gasteiger charge is 2.13. The number of nitriles is 1. The quantitative estimate of drug-likeness (QED) is 0.279. The molecule has 4 nitrogen and oxygen atoms in total. The third-order valence-corrected chi connectivity index (χ3v) is 5.42. The summed E-state index contributed by atoms with van der Waals surface area (Å²) < 4.78 is 5.91. The molecule has 0 spiro atoms. The number of fused-ring (bicyclic) bond motifs is 1. The molecule has 0 heterocycles. The molecule has 0 radical (unpaired) electrons. The maximum Gasteiger partial charge on any atom is 0.262 e. The normalized spacial score (nSPS) is 12.1. The van der Waals surface area contributed by atoms with E-state index < -0.39 is 5.91 Å². The minimum absolute atomic E-state index is 0.0580. The van der Waals surface area contributed by atoms with Gasteiger partial charge in [0.15, 0.2) is 0 Å². The van der Waals surface area contributed by atoms with Crippen molar-refractivity contribution in [2.24, 2.45) is 0 Å². The fraction of sp³-hybridized carbons (Fsp3) is 0.103. The van der Waals surface area contributed by atoms with Gasteiger partial charge in [0.05, 0.1) is 6.04 Å². The van der Waals surface area contributed by atoms with Crippen molar-refractivity contribution in [3.63, 3.8) is 0 Å². The number of carbonyl (C=O) groups excluding carboxylic acids is 1. The Kier molecular flexibility index (Phi) is 6.82. The van der Waals surface area contributed by atoms with Gasteiger partial charge < -0.3 is 10.1 Å². The van der Waals surface area contributed by atoms with Crippen LogP contribution in [0.1, 0.15) is 29.7 Å². The van der Waals surface area contributed by atoms with Crippen molar-refractivity contribution in [3.05, 3.63) is 119 Å². The Balaban J connectivity index is 1.38. The summed E-state index contributed by atoms with van der Waals surface area (Å²) in [5.74, 6) is 0.325. The minimum Gasteiger partial charge on any atom is -0.489 e. The number of carbonyl (C=O) groups is 1. The molecule has 0 saturated carbocycles. The molecule has 1 amide bonds. The van der Waals surface area contributed by atoms with Gasteiger partial charge in [-0.05, 0) is 58.7 Å². The van der Waals surface area contributed by atoms with Crippen LogP contribution in [0.15, 0.2) is 103 Å². The first-order valence-electron chi connectivity index (χ1n) is 10.8. The van der Waals surface area contributed by atoms with Crippen LogP contribution in [0.5, 0.6) is 5.75 Å². The summed E-state index contributed by atoms with van der Waals surface area (Å²) in [7, 11) is 0. The van der Waals surface area contributed by atoms with E-state index in [0.717, 1.165) is 22.4 Å². The van der Waals surface area contributed by atoms with Gasteiger partial charge in [0.2, 0.25) is 0 Å². The van der Waals surface area contributed by atoms with Crippen molar-refractivity contribution in [2.45, 2.75) is 19.6 Å². The molecule has 0 unspecified atom stereocenters. The zero-order valence-corrected chi connectivity index (χ0v) is 18.4. The van der Waals surface area contributed by atoms with Gasteiger partial charge in [-0.3, -0.25) is 4.79 Å². The highest BCUT2D eigenvalue weighted by molar-refractivity contribution is 6.01. The van der Waals surface area contributed by atoms with Gasteiger partial charge >= 0.3 is 0 Å². The highest BCUT2D eigenvalue weighted by Crippen LogP contribution is 2.20. The lowest BCUT2D eigenvalue weighted by Crippen LogP contribution is -2.27. The van der Waals surface area contributed by atoms with Gasteiger partial charge in [0.1, 0.15) is 24.0 Å². The van der Waals surface area contributed by atoms with Gasteiger partial charge in [-0.2, -0.15) is 5.26 Å². The molecule has 4 aromatic carbocycles. The Bertz CT molecular complexity index is 1320. The van der Waals surface area contributed by atoms with E-state index >= 15 is 0 Å². The molecule has 1 N–H and O–H groups in total. The van der Waals surface area contributed by atoms with Gasteiger partial charge in [0.25, 0.3) is 5.91 Å². The van der Waals surface area contributed by atoms with Gasteiger partial charge in [-0.25, -0.2) is 0 Å². The average Bonchev–Trinajstić information content (AvgIpc) is 2.87. The van der Waals surface area contributed by atoms with E-state index in [2.05, 4.69) is 35.6 Å². The number of nitrogens with zero attached hydrogens (tertiary/aromatic N) is 1. The second kappa shape index (κ2) is 10.3. The lowest BCUT2D eigenvalue weighted by Gasteiger charge is -2.13. The van der Waals surface area contributed by atoms with Gasteiger partial charge in [0, 0.05) is 0 Å². The van der Waals surface area contributed by atoms with E-state index in [1.54, 1.807) is 6.08 Å². The molecule has 0 fully saturated rings. The zero-order valence-electron chi connectivity index (χ0n) is 18.4.